The third-order valence-corrected chi connectivity index (χ3v) is 5.02. The van der Waals surface area contributed by atoms with E-state index in [1.807, 2.05) is 24.3 Å². The van der Waals surface area contributed by atoms with Crippen molar-refractivity contribution < 1.29 is 4.42 Å². The van der Waals surface area contributed by atoms with Gasteiger partial charge in [0.1, 0.15) is 17.4 Å². The molecule has 0 bridgehead atoms. The Morgan fingerprint density at radius 1 is 1.24 bits per heavy atom. The molecule has 0 amide bonds. The van der Waals surface area contributed by atoms with E-state index >= 15 is 0 Å². The van der Waals surface area contributed by atoms with Crippen LogP contribution in [0.15, 0.2) is 41.1 Å². The number of nitrogens with one attached hydrogen (secondary N) is 1. The van der Waals surface area contributed by atoms with E-state index in [2.05, 4.69) is 39.9 Å². The summed E-state index contributed by atoms with van der Waals surface area (Å²) in [5.41, 5.74) is 3.43. The maximum absolute atomic E-state index is 5.97. The summed E-state index contributed by atoms with van der Waals surface area (Å²) < 4.78 is 8.07. The number of nitrogens with zero attached hydrogens (tertiary/aromatic N) is 4. The van der Waals surface area contributed by atoms with E-state index in [1.165, 1.54) is 12.8 Å². The number of benzene rings is 1. The normalized spacial score (nSPS) is 15.8. The van der Waals surface area contributed by atoms with Crippen molar-refractivity contribution in [2.45, 2.75) is 32.7 Å². The molecule has 5 rings (SSSR count). The number of fused-ring (bicyclic) bond motifs is 3. The molecule has 1 aliphatic rings. The molecule has 1 N–H and O–H groups in total. The van der Waals surface area contributed by atoms with Crippen LogP contribution in [0.5, 0.6) is 0 Å². The highest BCUT2D eigenvalue weighted by Crippen LogP contribution is 2.40. The summed E-state index contributed by atoms with van der Waals surface area (Å²) >= 11 is 0. The molecule has 1 aliphatic carbocycles. The minimum absolute atomic E-state index is 0.437. The highest BCUT2D eigenvalue weighted by molar-refractivity contribution is 6.05. The number of furan rings is 1. The second-order valence-corrected chi connectivity index (χ2v) is 6.82. The lowest BCUT2D eigenvalue weighted by Gasteiger charge is -2.12. The average Bonchev–Trinajstić information content (AvgIpc) is 3.31. The van der Waals surface area contributed by atoms with E-state index in [0.717, 1.165) is 33.9 Å². The molecule has 6 heteroatoms. The summed E-state index contributed by atoms with van der Waals surface area (Å²) in [7, 11) is 0. The molecule has 1 saturated carbocycles. The molecule has 1 fully saturated rings. The Morgan fingerprint density at radius 3 is 2.92 bits per heavy atom. The molecule has 0 aliphatic heterocycles. The van der Waals surface area contributed by atoms with E-state index in [0.29, 0.717) is 17.4 Å². The fraction of sp³-hybridized carbons (Fsp3) is 0.316. The maximum Gasteiger partial charge on any atom is 0.196 e. The van der Waals surface area contributed by atoms with Gasteiger partial charge in [0.15, 0.2) is 17.2 Å². The van der Waals surface area contributed by atoms with Crippen LogP contribution in [0.4, 0.5) is 11.6 Å². The first-order valence-electron chi connectivity index (χ1n) is 8.66. The largest absolute Gasteiger partial charge is 0.450 e. The fourth-order valence-corrected chi connectivity index (χ4v) is 3.47. The van der Waals surface area contributed by atoms with Crippen LogP contribution in [0, 0.1) is 12.8 Å². The van der Waals surface area contributed by atoms with Gasteiger partial charge in [0.05, 0.1) is 6.04 Å². The Hall–Kier alpha value is -2.89. The summed E-state index contributed by atoms with van der Waals surface area (Å²) in [6.45, 7) is 4.33. The van der Waals surface area contributed by atoms with Crippen LogP contribution >= 0.6 is 0 Å². The highest BCUT2D eigenvalue weighted by atomic mass is 16.3. The van der Waals surface area contributed by atoms with Crippen LogP contribution in [-0.4, -0.2) is 19.7 Å². The van der Waals surface area contributed by atoms with Gasteiger partial charge in [0.25, 0.3) is 0 Å². The van der Waals surface area contributed by atoms with Crippen molar-refractivity contribution in [2.24, 2.45) is 5.92 Å². The van der Waals surface area contributed by atoms with Crippen LogP contribution < -0.4 is 5.32 Å². The molecule has 3 aromatic heterocycles. The molecule has 3 heterocycles. The lowest BCUT2D eigenvalue weighted by Crippen LogP contribution is -2.10. The summed E-state index contributed by atoms with van der Waals surface area (Å²) in [5, 5.41) is 9.03. The first-order valence-corrected chi connectivity index (χ1v) is 8.66. The summed E-state index contributed by atoms with van der Waals surface area (Å²) in [6, 6.07) is 10.4. The number of rotatable bonds is 4. The third-order valence-electron chi connectivity index (χ3n) is 5.02. The monoisotopic (exact) mass is 333 g/mol. The highest BCUT2D eigenvalue weighted by Gasteiger charge is 2.30. The standard InChI is InChI=1S/C19H19N5O/c1-11-9-16(23-24(11)12(2)13-7-8-13)22-19-18-17(20-10-21-19)14-5-3-4-6-15(14)25-18/h3-6,9-10,12-13H,7-8H2,1-2H3,(H,20,21,22,23)/t12-/m1/s1. The van der Waals surface area contributed by atoms with Crippen molar-refractivity contribution in [3.8, 4) is 0 Å². The second-order valence-electron chi connectivity index (χ2n) is 6.82. The van der Waals surface area contributed by atoms with Crippen molar-refractivity contribution in [1.82, 2.24) is 19.7 Å². The van der Waals surface area contributed by atoms with Gasteiger partial charge in [0, 0.05) is 17.1 Å². The molecule has 6 nitrogen and oxygen atoms in total. The Bertz CT molecular complexity index is 1080. The minimum atomic E-state index is 0.437. The van der Waals surface area contributed by atoms with Crippen LogP contribution in [-0.2, 0) is 0 Å². The van der Waals surface area contributed by atoms with E-state index in [9.17, 15) is 0 Å². The number of hydrogen-bond donors (Lipinski definition) is 1. The molecule has 0 saturated heterocycles. The maximum atomic E-state index is 5.97. The van der Waals surface area contributed by atoms with Crippen molar-refractivity contribution in [3.05, 3.63) is 42.4 Å². The summed E-state index contributed by atoms with van der Waals surface area (Å²) in [6.07, 6.45) is 4.16. The second kappa shape index (κ2) is 5.31. The smallest absolute Gasteiger partial charge is 0.196 e. The van der Waals surface area contributed by atoms with Gasteiger partial charge in [-0.05, 0) is 44.7 Å². The molecule has 0 radical (unpaired) electrons. The van der Waals surface area contributed by atoms with Crippen molar-refractivity contribution in [1.29, 1.82) is 0 Å². The van der Waals surface area contributed by atoms with Crippen molar-refractivity contribution in [3.63, 3.8) is 0 Å². The van der Waals surface area contributed by atoms with Gasteiger partial charge < -0.3 is 9.73 Å². The van der Waals surface area contributed by atoms with Crippen LogP contribution in [0.1, 0.15) is 31.5 Å². The first-order chi connectivity index (χ1) is 12.2. The molecule has 4 aromatic rings. The topological polar surface area (TPSA) is 68.8 Å². The zero-order valence-electron chi connectivity index (χ0n) is 14.2. The van der Waals surface area contributed by atoms with Crippen molar-refractivity contribution >= 4 is 33.7 Å². The fourth-order valence-electron chi connectivity index (χ4n) is 3.47. The molecule has 126 valence electrons. The van der Waals surface area contributed by atoms with E-state index in [1.54, 1.807) is 6.33 Å². The van der Waals surface area contributed by atoms with Gasteiger partial charge in [-0.3, -0.25) is 4.68 Å². The Balaban J connectivity index is 1.55. The van der Waals surface area contributed by atoms with Gasteiger partial charge in [-0.1, -0.05) is 12.1 Å². The van der Waals surface area contributed by atoms with Gasteiger partial charge in [0.2, 0.25) is 0 Å². The lowest BCUT2D eigenvalue weighted by atomic mass is 10.2. The lowest BCUT2D eigenvalue weighted by molar-refractivity contribution is 0.432. The van der Waals surface area contributed by atoms with E-state index < -0.39 is 0 Å². The Morgan fingerprint density at radius 2 is 2.08 bits per heavy atom. The van der Waals surface area contributed by atoms with Crippen LogP contribution in [0.3, 0.4) is 0 Å². The Kier molecular flexibility index (Phi) is 3.07. The quantitative estimate of drug-likeness (QED) is 0.591. The number of aromatic nitrogens is 4. The molecule has 1 aromatic carbocycles. The van der Waals surface area contributed by atoms with Gasteiger partial charge in [-0.15, -0.1) is 0 Å². The van der Waals surface area contributed by atoms with E-state index in [4.69, 9.17) is 9.52 Å². The van der Waals surface area contributed by atoms with Gasteiger partial charge in [-0.25, -0.2) is 9.97 Å². The third kappa shape index (κ3) is 2.36. The number of hydrogen-bond acceptors (Lipinski definition) is 5. The molecule has 1 atom stereocenters. The van der Waals surface area contributed by atoms with Gasteiger partial charge >= 0.3 is 0 Å². The van der Waals surface area contributed by atoms with E-state index in [-0.39, 0.29) is 0 Å². The predicted octanol–water partition coefficient (Wildman–Crippen LogP) is 4.60. The minimum Gasteiger partial charge on any atom is -0.450 e. The Labute approximate surface area is 144 Å². The average molecular weight is 333 g/mol. The van der Waals surface area contributed by atoms with Crippen LogP contribution in [0.2, 0.25) is 0 Å². The zero-order chi connectivity index (χ0) is 17.0. The number of para-hydroxylation sites is 1. The van der Waals surface area contributed by atoms with Crippen molar-refractivity contribution in [2.75, 3.05) is 5.32 Å². The SMILES string of the molecule is Cc1cc(Nc2ncnc3c2oc2ccccc23)nn1[C@H](C)C1CC1. The molecule has 0 spiro atoms. The molecule has 25 heavy (non-hydrogen) atoms. The summed E-state index contributed by atoms with van der Waals surface area (Å²) in [5.74, 6) is 2.18. The number of aryl methyl sites for hydroxylation is 1. The van der Waals surface area contributed by atoms with Gasteiger partial charge in [-0.2, -0.15) is 5.10 Å². The molecular weight excluding hydrogens is 314 g/mol. The zero-order valence-corrected chi connectivity index (χ0v) is 14.2. The summed E-state index contributed by atoms with van der Waals surface area (Å²) in [4.78, 5) is 8.75. The van der Waals surface area contributed by atoms with Crippen LogP contribution in [0.25, 0.3) is 22.1 Å². The first kappa shape index (κ1) is 14.5. The molecule has 0 unspecified atom stereocenters. The molecular formula is C19H19N5O. The predicted molar refractivity (Wildman–Crippen MR) is 97.0 cm³/mol. The number of anilines is 2.